The van der Waals surface area contributed by atoms with E-state index in [4.69, 9.17) is 4.74 Å². The van der Waals surface area contributed by atoms with E-state index in [2.05, 4.69) is 21.0 Å². The number of aromatic nitrogens is 2. The van der Waals surface area contributed by atoms with E-state index in [1.165, 1.54) is 10.9 Å². The lowest BCUT2D eigenvalue weighted by Crippen LogP contribution is -2.50. The van der Waals surface area contributed by atoms with Crippen molar-refractivity contribution in [2.45, 2.75) is 19.9 Å². The maximum atomic E-state index is 12.2. The zero-order chi connectivity index (χ0) is 17.7. The van der Waals surface area contributed by atoms with E-state index >= 15 is 0 Å². The number of aryl methyl sites for hydroxylation is 1. The number of rotatable bonds is 5. The lowest BCUT2D eigenvalue weighted by atomic mass is 10.3. The molecule has 0 N–H and O–H groups in total. The van der Waals surface area contributed by atoms with Crippen molar-refractivity contribution in [3.05, 3.63) is 20.8 Å². The van der Waals surface area contributed by atoms with Crippen LogP contribution in [-0.4, -0.2) is 69.3 Å². The first-order valence-electron chi connectivity index (χ1n) is 7.49. The smallest absolute Gasteiger partial charge is 0.409 e. The van der Waals surface area contributed by atoms with Crippen molar-refractivity contribution in [3.63, 3.8) is 0 Å². The standard InChI is InChI=1S/C13H18BrN5O5/c1-2-24-13(21)17-7-5-16(6-8-17)11(20)3-4-18-9-10(14)12(15-18)19(22)23/h9H,2-8H2,1H3. The molecule has 0 aliphatic carbocycles. The Labute approximate surface area is 146 Å². The van der Waals surface area contributed by atoms with Gasteiger partial charge >= 0.3 is 11.9 Å². The van der Waals surface area contributed by atoms with Gasteiger partial charge in [0.25, 0.3) is 0 Å². The van der Waals surface area contributed by atoms with Crippen LogP contribution in [0.3, 0.4) is 0 Å². The van der Waals surface area contributed by atoms with Crippen LogP contribution in [0.15, 0.2) is 10.7 Å². The number of nitro groups is 1. The van der Waals surface area contributed by atoms with Gasteiger partial charge in [0.1, 0.15) is 4.47 Å². The second-order valence-electron chi connectivity index (χ2n) is 5.14. The van der Waals surface area contributed by atoms with Gasteiger partial charge in [-0.25, -0.2) is 4.79 Å². The van der Waals surface area contributed by atoms with Gasteiger partial charge in [-0.1, -0.05) is 0 Å². The zero-order valence-electron chi connectivity index (χ0n) is 13.2. The summed E-state index contributed by atoms with van der Waals surface area (Å²) < 4.78 is 6.58. The van der Waals surface area contributed by atoms with Gasteiger partial charge in [0, 0.05) is 32.6 Å². The molecule has 2 rings (SSSR count). The van der Waals surface area contributed by atoms with E-state index in [1.807, 2.05) is 0 Å². The first kappa shape index (κ1) is 18.2. The molecule has 0 unspecified atom stereocenters. The van der Waals surface area contributed by atoms with Crippen LogP contribution >= 0.6 is 15.9 Å². The highest BCUT2D eigenvalue weighted by Crippen LogP contribution is 2.22. The molecule has 2 heterocycles. The predicted octanol–water partition coefficient (Wildman–Crippen LogP) is 1.24. The molecule has 0 saturated carbocycles. The van der Waals surface area contributed by atoms with Crippen molar-refractivity contribution in [2.24, 2.45) is 0 Å². The molecule has 11 heteroatoms. The van der Waals surface area contributed by atoms with Gasteiger partial charge in [0.05, 0.1) is 24.4 Å². The number of hydrogen-bond donors (Lipinski definition) is 0. The molecule has 132 valence electrons. The highest BCUT2D eigenvalue weighted by Gasteiger charge is 2.25. The lowest BCUT2D eigenvalue weighted by Gasteiger charge is -2.34. The summed E-state index contributed by atoms with van der Waals surface area (Å²) in [5, 5.41) is 14.5. The van der Waals surface area contributed by atoms with Crippen molar-refractivity contribution in [2.75, 3.05) is 32.8 Å². The Kier molecular flexibility index (Phi) is 6.12. The van der Waals surface area contributed by atoms with E-state index in [1.54, 1.807) is 16.7 Å². The fourth-order valence-electron chi connectivity index (χ4n) is 2.35. The largest absolute Gasteiger partial charge is 0.450 e. The van der Waals surface area contributed by atoms with Crippen LogP contribution in [0, 0.1) is 10.1 Å². The van der Waals surface area contributed by atoms with E-state index in [0.717, 1.165) is 0 Å². The Hall–Kier alpha value is -2.17. The van der Waals surface area contributed by atoms with Gasteiger partial charge in [-0.2, -0.15) is 4.68 Å². The number of piperazine rings is 1. The summed E-state index contributed by atoms with van der Waals surface area (Å²) in [6.07, 6.45) is 1.30. The number of hydrogen-bond acceptors (Lipinski definition) is 6. The van der Waals surface area contributed by atoms with Crippen molar-refractivity contribution in [1.82, 2.24) is 19.6 Å². The Morgan fingerprint density at radius 1 is 1.33 bits per heavy atom. The number of nitrogens with zero attached hydrogens (tertiary/aromatic N) is 5. The number of carbonyl (C=O) groups is 2. The molecule has 1 aromatic rings. The van der Waals surface area contributed by atoms with Crippen LogP contribution < -0.4 is 0 Å². The molecule has 10 nitrogen and oxygen atoms in total. The minimum Gasteiger partial charge on any atom is -0.450 e. The topological polar surface area (TPSA) is 111 Å². The average molecular weight is 404 g/mol. The van der Waals surface area contributed by atoms with Gasteiger partial charge in [-0.15, -0.1) is 0 Å². The maximum Gasteiger partial charge on any atom is 0.409 e. The highest BCUT2D eigenvalue weighted by molar-refractivity contribution is 9.10. The molecule has 1 aromatic heterocycles. The van der Waals surface area contributed by atoms with Crippen molar-refractivity contribution >= 4 is 33.7 Å². The molecule has 0 bridgehead atoms. The van der Waals surface area contributed by atoms with Crippen molar-refractivity contribution in [3.8, 4) is 0 Å². The van der Waals surface area contributed by atoms with Crippen LogP contribution in [0.25, 0.3) is 0 Å². The minimum absolute atomic E-state index is 0.0761. The molecule has 24 heavy (non-hydrogen) atoms. The van der Waals surface area contributed by atoms with Crippen molar-refractivity contribution in [1.29, 1.82) is 0 Å². The number of halogens is 1. The molecule has 1 saturated heterocycles. The van der Waals surface area contributed by atoms with Gasteiger partial charge in [-0.05, 0) is 27.8 Å². The highest BCUT2D eigenvalue weighted by atomic mass is 79.9. The van der Waals surface area contributed by atoms with Crippen LogP contribution in [0.5, 0.6) is 0 Å². The van der Waals surface area contributed by atoms with Crippen LogP contribution in [0.4, 0.5) is 10.6 Å². The van der Waals surface area contributed by atoms with E-state index in [9.17, 15) is 19.7 Å². The van der Waals surface area contributed by atoms with Gasteiger partial charge in [0.2, 0.25) is 5.91 Å². The van der Waals surface area contributed by atoms with E-state index < -0.39 is 4.92 Å². The normalized spacial score (nSPS) is 14.6. The Morgan fingerprint density at radius 2 is 1.96 bits per heavy atom. The summed E-state index contributed by atoms with van der Waals surface area (Å²) in [6, 6.07) is 0. The number of carbonyl (C=O) groups excluding carboxylic acids is 2. The Morgan fingerprint density at radius 3 is 2.50 bits per heavy atom. The average Bonchev–Trinajstić information content (AvgIpc) is 2.94. The summed E-state index contributed by atoms with van der Waals surface area (Å²) in [6.45, 7) is 4.08. The molecule has 1 aliphatic rings. The molecule has 1 fully saturated rings. The van der Waals surface area contributed by atoms with Crippen LogP contribution in [-0.2, 0) is 16.1 Å². The predicted molar refractivity (Wildman–Crippen MR) is 86.4 cm³/mol. The molecule has 0 aromatic carbocycles. The van der Waals surface area contributed by atoms with Gasteiger partial charge in [0.15, 0.2) is 0 Å². The maximum absolute atomic E-state index is 12.2. The summed E-state index contributed by atoms with van der Waals surface area (Å²) in [5.74, 6) is -0.349. The third kappa shape index (κ3) is 4.43. The quantitative estimate of drug-likeness (QED) is 0.540. The molecule has 2 amide bonds. The molecular formula is C13H18BrN5O5. The third-order valence-corrected chi connectivity index (χ3v) is 4.14. The second-order valence-corrected chi connectivity index (χ2v) is 5.99. The molecule has 1 aliphatic heterocycles. The van der Waals surface area contributed by atoms with Gasteiger partial charge in [-0.3, -0.25) is 4.79 Å². The summed E-state index contributed by atoms with van der Waals surface area (Å²) in [5.41, 5.74) is 0. The molecule has 0 spiro atoms. The fourth-order valence-corrected chi connectivity index (χ4v) is 2.81. The molecule has 0 atom stereocenters. The third-order valence-electron chi connectivity index (χ3n) is 3.59. The zero-order valence-corrected chi connectivity index (χ0v) is 14.8. The number of ether oxygens (including phenoxy) is 1. The first-order valence-corrected chi connectivity index (χ1v) is 8.28. The monoisotopic (exact) mass is 403 g/mol. The summed E-state index contributed by atoms with van der Waals surface area (Å²) >= 11 is 3.06. The molecular weight excluding hydrogens is 386 g/mol. The van der Waals surface area contributed by atoms with E-state index in [-0.39, 0.29) is 35.3 Å². The minimum atomic E-state index is -0.586. The fraction of sp³-hybridized carbons (Fsp3) is 0.615. The molecule has 0 radical (unpaired) electrons. The summed E-state index contributed by atoms with van der Waals surface area (Å²) in [4.78, 5) is 37.2. The lowest BCUT2D eigenvalue weighted by molar-refractivity contribution is -0.390. The number of amides is 2. The Bertz CT molecular complexity index is 626. The van der Waals surface area contributed by atoms with Crippen LogP contribution in [0.1, 0.15) is 13.3 Å². The second kappa shape index (κ2) is 8.08. The summed E-state index contributed by atoms with van der Waals surface area (Å²) in [7, 11) is 0. The SMILES string of the molecule is CCOC(=O)N1CCN(C(=O)CCn2cc(Br)c([N+](=O)[O-])n2)CC1. The van der Waals surface area contributed by atoms with Crippen molar-refractivity contribution < 1.29 is 19.2 Å². The first-order chi connectivity index (χ1) is 11.4. The Balaban J connectivity index is 1.81. The van der Waals surface area contributed by atoms with Gasteiger partial charge < -0.3 is 24.7 Å². The van der Waals surface area contributed by atoms with E-state index in [0.29, 0.717) is 32.8 Å². The van der Waals surface area contributed by atoms with Crippen LogP contribution in [0.2, 0.25) is 0 Å².